The van der Waals surface area contributed by atoms with Crippen LogP contribution in [-0.4, -0.2) is 76.0 Å². The molecule has 5 rings (SSSR count). The lowest BCUT2D eigenvalue weighted by Crippen LogP contribution is -2.44. The number of sulfonamides is 1. The molecule has 0 aliphatic carbocycles. The molecule has 0 atom stereocenters. The summed E-state index contributed by atoms with van der Waals surface area (Å²) in [7, 11) is -0.396. The fourth-order valence-corrected chi connectivity index (χ4v) is 6.38. The SMILES string of the molecule is COc1ccc(Nc2nc(Nc3cc(C)c(N4CCC(N5CCCC5)CC4)cc3OC)ncc2Cl)c(NS(C)(=O)=O)c1. The van der Waals surface area contributed by atoms with Crippen molar-refractivity contribution in [2.75, 3.05) is 66.9 Å². The normalized spacial score (nSPS) is 16.4. The van der Waals surface area contributed by atoms with Crippen LogP contribution in [0.3, 0.4) is 0 Å². The van der Waals surface area contributed by atoms with Crippen molar-refractivity contribution < 1.29 is 17.9 Å². The lowest BCUT2D eigenvalue weighted by molar-refractivity contribution is 0.208. The van der Waals surface area contributed by atoms with Gasteiger partial charge in [0.2, 0.25) is 16.0 Å². The number of benzene rings is 2. The van der Waals surface area contributed by atoms with Crippen LogP contribution in [0.15, 0.2) is 36.5 Å². The van der Waals surface area contributed by atoms with E-state index in [1.807, 2.05) is 6.07 Å². The van der Waals surface area contributed by atoms with Gasteiger partial charge in [-0.1, -0.05) is 11.6 Å². The second-order valence-electron chi connectivity index (χ2n) is 10.7. The minimum absolute atomic E-state index is 0.262. The smallest absolute Gasteiger partial charge is 0.229 e. The molecule has 1 aromatic heterocycles. The molecule has 3 heterocycles. The first kappa shape index (κ1) is 30.0. The summed E-state index contributed by atoms with van der Waals surface area (Å²) >= 11 is 6.42. The number of halogens is 1. The fraction of sp³-hybridized carbons (Fsp3) is 0.448. The second kappa shape index (κ2) is 12.8. The summed E-state index contributed by atoms with van der Waals surface area (Å²) in [6.45, 7) is 6.62. The number of aryl methyl sites for hydroxylation is 1. The van der Waals surface area contributed by atoms with E-state index in [9.17, 15) is 8.42 Å². The Labute approximate surface area is 252 Å². The number of piperidine rings is 1. The molecular formula is C29H38ClN7O4S. The highest BCUT2D eigenvalue weighted by Crippen LogP contribution is 2.37. The Kier molecular flexibility index (Phi) is 9.14. The molecule has 0 saturated carbocycles. The Morgan fingerprint density at radius 2 is 1.69 bits per heavy atom. The third-order valence-corrected chi connectivity index (χ3v) is 8.61. The van der Waals surface area contributed by atoms with Crippen molar-refractivity contribution >= 4 is 56.1 Å². The lowest BCUT2D eigenvalue weighted by atomic mass is 10.0. The number of methoxy groups -OCH3 is 2. The quantitative estimate of drug-likeness (QED) is 0.274. The van der Waals surface area contributed by atoms with E-state index >= 15 is 0 Å². The number of rotatable bonds is 10. The molecule has 42 heavy (non-hydrogen) atoms. The lowest BCUT2D eigenvalue weighted by Gasteiger charge is -2.38. The summed E-state index contributed by atoms with van der Waals surface area (Å²) in [6.07, 6.45) is 7.54. The first-order chi connectivity index (χ1) is 20.1. The third kappa shape index (κ3) is 7.11. The highest BCUT2D eigenvalue weighted by atomic mass is 35.5. The van der Waals surface area contributed by atoms with E-state index in [0.717, 1.165) is 30.6 Å². The average molecular weight is 616 g/mol. The molecule has 226 valence electrons. The van der Waals surface area contributed by atoms with Crippen molar-refractivity contribution in [1.29, 1.82) is 0 Å². The van der Waals surface area contributed by atoms with Gasteiger partial charge < -0.3 is 29.9 Å². The van der Waals surface area contributed by atoms with Crippen LogP contribution in [0.4, 0.5) is 34.5 Å². The summed E-state index contributed by atoms with van der Waals surface area (Å²) in [6, 6.07) is 9.76. The van der Waals surface area contributed by atoms with E-state index in [4.69, 9.17) is 21.1 Å². The van der Waals surface area contributed by atoms with Gasteiger partial charge in [0.1, 0.15) is 16.5 Å². The molecular weight excluding hydrogens is 578 g/mol. The van der Waals surface area contributed by atoms with Crippen LogP contribution in [0.5, 0.6) is 11.5 Å². The van der Waals surface area contributed by atoms with Crippen molar-refractivity contribution in [1.82, 2.24) is 14.9 Å². The van der Waals surface area contributed by atoms with Crippen molar-refractivity contribution in [3.63, 3.8) is 0 Å². The summed E-state index contributed by atoms with van der Waals surface area (Å²) < 4.78 is 37.4. The molecule has 0 radical (unpaired) electrons. The maximum absolute atomic E-state index is 12.0. The van der Waals surface area contributed by atoms with Crippen LogP contribution in [0.2, 0.25) is 5.02 Å². The summed E-state index contributed by atoms with van der Waals surface area (Å²) in [5.74, 6) is 1.76. The van der Waals surface area contributed by atoms with Crippen LogP contribution in [0.1, 0.15) is 31.2 Å². The van der Waals surface area contributed by atoms with Gasteiger partial charge in [0.05, 0.1) is 43.7 Å². The summed E-state index contributed by atoms with van der Waals surface area (Å²) in [5.41, 5.74) is 3.75. The number of nitrogens with zero attached hydrogens (tertiary/aromatic N) is 4. The Bertz CT molecular complexity index is 1520. The Hall–Kier alpha value is -3.48. The van der Waals surface area contributed by atoms with Gasteiger partial charge in [0.15, 0.2) is 5.82 Å². The molecule has 2 aliphatic rings. The van der Waals surface area contributed by atoms with Crippen molar-refractivity contribution in [2.24, 2.45) is 0 Å². The van der Waals surface area contributed by atoms with Gasteiger partial charge in [-0.3, -0.25) is 4.72 Å². The molecule has 11 nitrogen and oxygen atoms in total. The zero-order valence-corrected chi connectivity index (χ0v) is 26.0. The van der Waals surface area contributed by atoms with Crippen LogP contribution < -0.4 is 29.7 Å². The predicted octanol–water partition coefficient (Wildman–Crippen LogP) is 5.38. The minimum Gasteiger partial charge on any atom is -0.497 e. The van der Waals surface area contributed by atoms with Gasteiger partial charge in [0, 0.05) is 37.0 Å². The number of anilines is 6. The molecule has 2 aliphatic heterocycles. The van der Waals surface area contributed by atoms with E-state index in [1.54, 1.807) is 25.3 Å². The summed E-state index contributed by atoms with van der Waals surface area (Å²) in [5, 5.41) is 6.63. The molecule has 2 saturated heterocycles. The van der Waals surface area contributed by atoms with E-state index in [1.165, 1.54) is 57.8 Å². The number of aromatic nitrogens is 2. The van der Waals surface area contributed by atoms with Gasteiger partial charge >= 0.3 is 0 Å². The highest BCUT2D eigenvalue weighted by Gasteiger charge is 2.27. The molecule has 2 fully saturated rings. The van der Waals surface area contributed by atoms with Crippen LogP contribution >= 0.6 is 11.6 Å². The highest BCUT2D eigenvalue weighted by molar-refractivity contribution is 7.92. The van der Waals surface area contributed by atoms with Crippen LogP contribution in [0, 0.1) is 6.92 Å². The maximum Gasteiger partial charge on any atom is 0.229 e. The number of likely N-dealkylation sites (tertiary alicyclic amines) is 1. The topological polar surface area (TPSA) is 121 Å². The zero-order valence-electron chi connectivity index (χ0n) is 24.4. The van der Waals surface area contributed by atoms with E-state index in [-0.39, 0.29) is 5.02 Å². The predicted molar refractivity (Wildman–Crippen MR) is 169 cm³/mol. The Morgan fingerprint density at radius 1 is 0.952 bits per heavy atom. The van der Waals surface area contributed by atoms with Crippen molar-refractivity contribution in [3.05, 3.63) is 47.1 Å². The largest absolute Gasteiger partial charge is 0.497 e. The van der Waals surface area contributed by atoms with Crippen LogP contribution in [-0.2, 0) is 10.0 Å². The molecule has 0 amide bonds. The molecule has 3 aromatic rings. The first-order valence-corrected chi connectivity index (χ1v) is 16.3. The summed E-state index contributed by atoms with van der Waals surface area (Å²) in [4.78, 5) is 14.0. The van der Waals surface area contributed by atoms with E-state index in [0.29, 0.717) is 40.7 Å². The van der Waals surface area contributed by atoms with Gasteiger partial charge in [-0.25, -0.2) is 13.4 Å². The van der Waals surface area contributed by atoms with E-state index < -0.39 is 10.0 Å². The van der Waals surface area contributed by atoms with E-state index in [2.05, 4.69) is 48.1 Å². The maximum atomic E-state index is 12.0. The molecule has 0 bridgehead atoms. The Balaban J connectivity index is 1.34. The third-order valence-electron chi connectivity index (χ3n) is 7.75. The minimum atomic E-state index is -3.55. The standard InChI is InChI=1S/C29H38ClN7O4S/c1-19-15-25(27(41-3)17-26(19)37-13-9-20(10-14-37)36-11-5-6-12-36)33-29-31-18-22(30)28(34-29)32-23-8-7-21(40-2)16-24(23)35-42(4,38)39/h7-8,15-18,20,35H,5-6,9-14H2,1-4H3,(H2,31,32,33,34). The zero-order chi connectivity index (χ0) is 29.9. The van der Waals surface area contributed by atoms with Crippen molar-refractivity contribution in [3.8, 4) is 11.5 Å². The fourth-order valence-electron chi connectivity index (χ4n) is 5.67. The first-order valence-electron chi connectivity index (χ1n) is 14.0. The number of ether oxygens (including phenoxy) is 2. The molecule has 0 spiro atoms. The van der Waals surface area contributed by atoms with Gasteiger partial charge in [-0.15, -0.1) is 0 Å². The monoisotopic (exact) mass is 615 g/mol. The van der Waals surface area contributed by atoms with Crippen LogP contribution in [0.25, 0.3) is 0 Å². The molecule has 3 N–H and O–H groups in total. The number of hydrogen-bond donors (Lipinski definition) is 3. The van der Waals surface area contributed by atoms with Crippen molar-refractivity contribution in [2.45, 2.75) is 38.6 Å². The van der Waals surface area contributed by atoms with Gasteiger partial charge in [0.25, 0.3) is 0 Å². The van der Waals surface area contributed by atoms with Gasteiger partial charge in [-0.05, 0) is 69.5 Å². The molecule has 2 aromatic carbocycles. The number of nitrogens with one attached hydrogen (secondary N) is 3. The molecule has 13 heteroatoms. The average Bonchev–Trinajstić information content (AvgIpc) is 3.50. The van der Waals surface area contributed by atoms with Gasteiger partial charge in [-0.2, -0.15) is 4.98 Å². The Morgan fingerprint density at radius 3 is 2.36 bits per heavy atom. The molecule has 0 unspecified atom stereocenters. The number of hydrogen-bond acceptors (Lipinski definition) is 10. The second-order valence-corrected chi connectivity index (χ2v) is 12.9.